The number of carboxylic acid groups (broad SMARTS) is 1. The van der Waals surface area contributed by atoms with Gasteiger partial charge in [0.2, 0.25) is 0 Å². The summed E-state index contributed by atoms with van der Waals surface area (Å²) in [4.78, 5) is 32.1. The van der Waals surface area contributed by atoms with Crippen molar-refractivity contribution >= 4 is 39.3 Å². The molecule has 3 aromatic rings. The van der Waals surface area contributed by atoms with Crippen molar-refractivity contribution in [3.8, 4) is 0 Å². The molecule has 0 saturated carbocycles. The first kappa shape index (κ1) is 16.8. The summed E-state index contributed by atoms with van der Waals surface area (Å²) in [6, 6.07) is 6.55. The second-order valence-corrected chi connectivity index (χ2v) is 5.99. The first-order valence-electron chi connectivity index (χ1n) is 7.55. The average Bonchev–Trinajstić information content (AvgIpc) is 3.05. The zero-order valence-electron chi connectivity index (χ0n) is 13.4. The van der Waals surface area contributed by atoms with Crippen LogP contribution in [0.15, 0.2) is 36.0 Å². The monoisotopic (exact) mass is 357 g/mol. The van der Waals surface area contributed by atoms with Crippen LogP contribution < -0.4 is 5.32 Å². The number of carboxylic acids is 1. The molecule has 0 radical (unpaired) electrons. The highest BCUT2D eigenvalue weighted by atomic mass is 32.1. The van der Waals surface area contributed by atoms with Gasteiger partial charge in [-0.3, -0.25) is 0 Å². The fraction of sp³-hybridized carbons (Fsp3) is 0.176. The minimum Gasteiger partial charge on any atom is -0.478 e. The van der Waals surface area contributed by atoms with Crippen LogP contribution in [0, 0.1) is 0 Å². The smallest absolute Gasteiger partial charge is 0.339 e. The molecular formula is C17H15N3O4S. The third-order valence-corrected chi connectivity index (χ3v) is 4.41. The van der Waals surface area contributed by atoms with E-state index in [1.165, 1.54) is 17.7 Å². The van der Waals surface area contributed by atoms with E-state index in [0.29, 0.717) is 34.7 Å². The molecule has 0 aliphatic carbocycles. The first-order valence-corrected chi connectivity index (χ1v) is 8.43. The van der Waals surface area contributed by atoms with Gasteiger partial charge in [0.25, 0.3) is 0 Å². The number of carbonyl (C=O) groups is 2. The van der Waals surface area contributed by atoms with Crippen molar-refractivity contribution < 1.29 is 19.4 Å². The molecule has 0 atom stereocenters. The highest BCUT2D eigenvalue weighted by Crippen LogP contribution is 2.30. The molecule has 1 aromatic carbocycles. The van der Waals surface area contributed by atoms with Crippen molar-refractivity contribution in [3.63, 3.8) is 0 Å². The number of nitrogens with zero attached hydrogens (tertiary/aromatic N) is 2. The van der Waals surface area contributed by atoms with Crippen LogP contribution in [0.4, 0.5) is 5.82 Å². The van der Waals surface area contributed by atoms with Gasteiger partial charge in [0, 0.05) is 11.9 Å². The lowest BCUT2D eigenvalue weighted by Crippen LogP contribution is -2.07. The Balaban J connectivity index is 1.84. The van der Waals surface area contributed by atoms with Gasteiger partial charge in [0.15, 0.2) is 0 Å². The molecule has 2 aromatic heterocycles. The molecule has 0 spiro atoms. The molecule has 2 N–H and O–H groups in total. The molecule has 0 amide bonds. The van der Waals surface area contributed by atoms with E-state index >= 15 is 0 Å². The lowest BCUT2D eigenvalue weighted by Gasteiger charge is -2.08. The number of rotatable bonds is 6. The molecule has 7 nitrogen and oxygen atoms in total. The van der Waals surface area contributed by atoms with Gasteiger partial charge >= 0.3 is 11.9 Å². The van der Waals surface area contributed by atoms with Crippen LogP contribution in [0.1, 0.15) is 33.2 Å². The maximum absolute atomic E-state index is 12.1. The third kappa shape index (κ3) is 3.58. The fourth-order valence-electron chi connectivity index (χ4n) is 2.32. The number of carbonyl (C=O) groups excluding carboxylic acids is 1. The van der Waals surface area contributed by atoms with E-state index in [1.54, 1.807) is 36.6 Å². The number of esters is 1. The predicted molar refractivity (Wildman–Crippen MR) is 94.1 cm³/mol. The molecule has 0 aliphatic rings. The Hall–Kier alpha value is -3.00. The molecule has 0 aliphatic heterocycles. The minimum absolute atomic E-state index is 0.232. The van der Waals surface area contributed by atoms with Crippen LogP contribution in [0.25, 0.3) is 10.2 Å². The lowest BCUT2D eigenvalue weighted by atomic mass is 10.1. The number of ether oxygens (including phenoxy) is 1. The average molecular weight is 357 g/mol. The van der Waals surface area contributed by atoms with Gasteiger partial charge in [-0.05, 0) is 24.6 Å². The number of aromatic nitrogens is 2. The van der Waals surface area contributed by atoms with Crippen molar-refractivity contribution in [1.82, 2.24) is 9.97 Å². The largest absolute Gasteiger partial charge is 0.478 e. The van der Waals surface area contributed by atoms with Gasteiger partial charge in [-0.2, -0.15) is 0 Å². The Kier molecular flexibility index (Phi) is 4.90. The molecule has 3 rings (SSSR count). The van der Waals surface area contributed by atoms with Crippen LogP contribution >= 0.6 is 11.3 Å². The topological polar surface area (TPSA) is 101 Å². The summed E-state index contributed by atoms with van der Waals surface area (Å²) in [7, 11) is 0. The van der Waals surface area contributed by atoms with E-state index in [9.17, 15) is 9.59 Å². The van der Waals surface area contributed by atoms with E-state index in [4.69, 9.17) is 9.84 Å². The summed E-state index contributed by atoms with van der Waals surface area (Å²) in [6.07, 6.45) is 1.43. The molecule has 128 valence electrons. The molecule has 0 unspecified atom stereocenters. The standard InChI is InChI=1S/C17H15N3O4S/c1-2-24-17(23)12-8-25-15-13(12)14(19-9-20-15)18-7-10-3-5-11(6-4-10)16(21)22/h3-6,8-9H,2,7H2,1H3,(H,21,22)(H,18,19,20). The maximum atomic E-state index is 12.1. The van der Waals surface area contributed by atoms with Crippen LogP contribution in [-0.2, 0) is 11.3 Å². The van der Waals surface area contributed by atoms with Gasteiger partial charge in [-0.15, -0.1) is 11.3 Å². The molecule has 0 fully saturated rings. The fourth-order valence-corrected chi connectivity index (χ4v) is 3.20. The summed E-state index contributed by atoms with van der Waals surface area (Å²) in [5.41, 5.74) is 1.56. The summed E-state index contributed by atoms with van der Waals surface area (Å²) < 4.78 is 5.08. The van der Waals surface area contributed by atoms with Gasteiger partial charge in [-0.1, -0.05) is 12.1 Å². The number of benzene rings is 1. The van der Waals surface area contributed by atoms with E-state index in [-0.39, 0.29) is 5.56 Å². The van der Waals surface area contributed by atoms with Crippen molar-refractivity contribution in [2.45, 2.75) is 13.5 Å². The number of nitrogens with one attached hydrogen (secondary N) is 1. The summed E-state index contributed by atoms with van der Waals surface area (Å²) in [6.45, 7) is 2.48. The van der Waals surface area contributed by atoms with Crippen LogP contribution in [0.2, 0.25) is 0 Å². The van der Waals surface area contributed by atoms with Crippen LogP contribution in [0.5, 0.6) is 0 Å². The SMILES string of the molecule is CCOC(=O)c1csc2ncnc(NCc3ccc(C(=O)O)cc3)c12. The second-order valence-electron chi connectivity index (χ2n) is 5.13. The third-order valence-electron chi connectivity index (χ3n) is 3.53. The van der Waals surface area contributed by atoms with Crippen molar-refractivity contribution in [2.24, 2.45) is 0 Å². The Morgan fingerprint density at radius 2 is 2.00 bits per heavy atom. The lowest BCUT2D eigenvalue weighted by molar-refractivity contribution is 0.0528. The zero-order valence-corrected chi connectivity index (χ0v) is 14.2. The van der Waals surface area contributed by atoms with Crippen molar-refractivity contribution in [1.29, 1.82) is 0 Å². The number of anilines is 1. The van der Waals surface area contributed by atoms with E-state index in [2.05, 4.69) is 15.3 Å². The van der Waals surface area contributed by atoms with E-state index in [0.717, 1.165) is 5.56 Å². The molecule has 0 saturated heterocycles. The van der Waals surface area contributed by atoms with Gasteiger partial charge in [0.05, 0.1) is 23.1 Å². The summed E-state index contributed by atoms with van der Waals surface area (Å²) in [5, 5.41) is 14.5. The highest BCUT2D eigenvalue weighted by Gasteiger charge is 2.18. The summed E-state index contributed by atoms with van der Waals surface area (Å²) >= 11 is 1.35. The predicted octanol–water partition coefficient (Wildman–Crippen LogP) is 3.18. The van der Waals surface area contributed by atoms with Crippen LogP contribution in [-0.4, -0.2) is 33.6 Å². The highest BCUT2D eigenvalue weighted by molar-refractivity contribution is 7.17. The molecule has 8 heteroatoms. The quantitative estimate of drug-likeness (QED) is 0.653. The zero-order chi connectivity index (χ0) is 17.8. The van der Waals surface area contributed by atoms with Crippen LogP contribution in [0.3, 0.4) is 0 Å². The number of fused-ring (bicyclic) bond motifs is 1. The van der Waals surface area contributed by atoms with Gasteiger partial charge in [-0.25, -0.2) is 19.6 Å². The number of aromatic carboxylic acids is 1. The Labute approximate surface area is 147 Å². The van der Waals surface area contributed by atoms with Crippen molar-refractivity contribution in [3.05, 3.63) is 52.7 Å². The Morgan fingerprint density at radius 1 is 1.24 bits per heavy atom. The molecule has 25 heavy (non-hydrogen) atoms. The maximum Gasteiger partial charge on any atom is 0.339 e. The molecular weight excluding hydrogens is 342 g/mol. The first-order chi connectivity index (χ1) is 12.1. The van der Waals surface area contributed by atoms with E-state index < -0.39 is 11.9 Å². The molecule has 2 heterocycles. The number of thiophene rings is 1. The van der Waals surface area contributed by atoms with E-state index in [1.807, 2.05) is 0 Å². The Bertz CT molecular complexity index is 921. The number of hydrogen-bond acceptors (Lipinski definition) is 7. The van der Waals surface area contributed by atoms with Gasteiger partial charge < -0.3 is 15.2 Å². The minimum atomic E-state index is -0.964. The summed E-state index contributed by atoms with van der Waals surface area (Å²) in [5.74, 6) is -0.830. The Morgan fingerprint density at radius 3 is 2.68 bits per heavy atom. The second kappa shape index (κ2) is 7.27. The van der Waals surface area contributed by atoms with Gasteiger partial charge in [0.1, 0.15) is 17.0 Å². The number of hydrogen-bond donors (Lipinski definition) is 2. The normalized spacial score (nSPS) is 10.6. The van der Waals surface area contributed by atoms with Crippen molar-refractivity contribution in [2.75, 3.05) is 11.9 Å². The molecule has 0 bridgehead atoms.